The van der Waals surface area contributed by atoms with E-state index >= 15 is 0 Å². The number of nitrogens with two attached hydrogens (primary N) is 1. The first-order chi connectivity index (χ1) is 18.1. The van der Waals surface area contributed by atoms with Gasteiger partial charge in [-0.05, 0) is 12.1 Å². The Labute approximate surface area is 219 Å². The Kier molecular flexibility index (Phi) is 12.2. The number of ether oxygens (including phenoxy) is 8. The monoisotopic (exact) mass is 543 g/mol. The summed E-state index contributed by atoms with van der Waals surface area (Å²) in [6.07, 6.45) is -7.75. The van der Waals surface area contributed by atoms with Crippen molar-refractivity contribution in [1.29, 1.82) is 0 Å². The average Bonchev–Trinajstić information content (AvgIpc) is 2.86. The van der Waals surface area contributed by atoms with Crippen LogP contribution >= 0.6 is 0 Å². The van der Waals surface area contributed by atoms with Gasteiger partial charge in [0.15, 0.2) is 18.3 Å². The minimum atomic E-state index is -1.62. The summed E-state index contributed by atoms with van der Waals surface area (Å²) in [5.41, 5.74) is 5.67. The number of aliphatic hydroxyl groups is 1. The zero-order chi connectivity index (χ0) is 28.2. The molecule has 0 bridgehead atoms. The van der Waals surface area contributed by atoms with E-state index in [2.05, 4.69) is 0 Å². The molecule has 2 rings (SSSR count). The molecule has 212 valence electrons. The molecule has 14 nitrogen and oxygen atoms in total. The van der Waals surface area contributed by atoms with Crippen LogP contribution < -0.4 is 15.2 Å². The van der Waals surface area contributed by atoms with Gasteiger partial charge in [0.25, 0.3) is 0 Å². The van der Waals surface area contributed by atoms with Crippen molar-refractivity contribution in [1.82, 2.24) is 0 Å². The van der Waals surface area contributed by atoms with E-state index in [4.69, 9.17) is 43.6 Å². The van der Waals surface area contributed by atoms with Crippen LogP contribution in [0.15, 0.2) is 18.2 Å². The summed E-state index contributed by atoms with van der Waals surface area (Å²) in [4.78, 5) is 48.3. The SMILES string of the molecule is COC(=O)[C@H]1O[C@@H](Oc2cc(OCCOCCN)ccc2CO)[C@H](OC(C)=O)[C@@H](OC(C)=O)[C@@H]1OC(C)=O. The highest BCUT2D eigenvalue weighted by Gasteiger charge is 2.55. The van der Waals surface area contributed by atoms with E-state index in [-0.39, 0.29) is 19.0 Å². The summed E-state index contributed by atoms with van der Waals surface area (Å²) in [6.45, 7) is 4.00. The lowest BCUT2D eigenvalue weighted by molar-refractivity contribution is -0.282. The second-order valence-corrected chi connectivity index (χ2v) is 7.97. The second kappa shape index (κ2) is 15.1. The molecule has 1 aliphatic heterocycles. The minimum Gasteiger partial charge on any atom is -0.491 e. The molecule has 0 amide bonds. The van der Waals surface area contributed by atoms with Gasteiger partial charge in [0.05, 0.1) is 26.9 Å². The lowest BCUT2D eigenvalue weighted by Crippen LogP contribution is -2.64. The van der Waals surface area contributed by atoms with Crippen LogP contribution in [0.1, 0.15) is 26.3 Å². The third kappa shape index (κ3) is 8.83. The summed E-state index contributed by atoms with van der Waals surface area (Å²) in [5.74, 6) is -3.04. The Balaban J connectivity index is 2.44. The number of esters is 4. The van der Waals surface area contributed by atoms with Crippen molar-refractivity contribution >= 4 is 23.9 Å². The fourth-order valence-electron chi connectivity index (χ4n) is 3.57. The number of methoxy groups -OCH3 is 1. The van der Waals surface area contributed by atoms with Crippen LogP contribution in [0.5, 0.6) is 11.5 Å². The molecule has 1 fully saturated rings. The number of carbonyl (C=O) groups excluding carboxylic acids is 4. The van der Waals surface area contributed by atoms with Crippen molar-refractivity contribution in [2.24, 2.45) is 5.73 Å². The molecule has 1 aromatic rings. The van der Waals surface area contributed by atoms with Crippen molar-refractivity contribution in [3.63, 3.8) is 0 Å². The summed E-state index contributed by atoms with van der Waals surface area (Å²) in [5, 5.41) is 9.83. The summed E-state index contributed by atoms with van der Waals surface area (Å²) < 4.78 is 43.2. The lowest BCUT2D eigenvalue weighted by Gasteiger charge is -2.43. The fourth-order valence-corrected chi connectivity index (χ4v) is 3.57. The number of hydrogen-bond donors (Lipinski definition) is 2. The fraction of sp³-hybridized carbons (Fsp3) is 0.583. The molecule has 0 aliphatic carbocycles. The largest absolute Gasteiger partial charge is 0.491 e. The molecule has 1 aliphatic rings. The number of carbonyl (C=O) groups is 4. The van der Waals surface area contributed by atoms with E-state index in [1.54, 1.807) is 6.07 Å². The number of hydrogen-bond acceptors (Lipinski definition) is 14. The van der Waals surface area contributed by atoms with Gasteiger partial charge in [0.2, 0.25) is 12.4 Å². The van der Waals surface area contributed by atoms with Crippen molar-refractivity contribution in [3.05, 3.63) is 23.8 Å². The molecule has 0 unspecified atom stereocenters. The zero-order valence-corrected chi connectivity index (χ0v) is 21.6. The maximum Gasteiger partial charge on any atom is 0.339 e. The average molecular weight is 544 g/mol. The maximum atomic E-state index is 12.6. The Morgan fingerprint density at radius 3 is 2.13 bits per heavy atom. The maximum absolute atomic E-state index is 12.6. The molecule has 0 radical (unpaired) electrons. The van der Waals surface area contributed by atoms with E-state index in [9.17, 15) is 24.3 Å². The highest BCUT2D eigenvalue weighted by Crippen LogP contribution is 2.33. The molecule has 0 aromatic heterocycles. The summed E-state index contributed by atoms with van der Waals surface area (Å²) in [7, 11) is 1.08. The standard InChI is InChI=1S/C24H33NO13/c1-13(27)34-19-20(35-14(2)28)22(36-15(3)29)24(38-21(19)23(30)31-4)37-18-11-17(6-5-16(18)12-26)33-10-9-32-8-7-25/h5-6,11,19-22,24,26H,7-10,12,25H2,1-4H3/t19-,20-,21-,22+,24+/m0/s1. The predicted molar refractivity (Wildman–Crippen MR) is 126 cm³/mol. The first-order valence-electron chi connectivity index (χ1n) is 11.7. The van der Waals surface area contributed by atoms with Crippen molar-refractivity contribution in [2.75, 3.05) is 33.5 Å². The van der Waals surface area contributed by atoms with Crippen LogP contribution in [0, 0.1) is 0 Å². The molecule has 38 heavy (non-hydrogen) atoms. The van der Waals surface area contributed by atoms with Crippen molar-refractivity contribution in [2.45, 2.75) is 58.1 Å². The van der Waals surface area contributed by atoms with Crippen LogP contribution in [0.4, 0.5) is 0 Å². The number of aliphatic hydroxyl groups excluding tert-OH is 1. The van der Waals surface area contributed by atoms with Gasteiger partial charge in [0, 0.05) is 38.9 Å². The van der Waals surface area contributed by atoms with Gasteiger partial charge >= 0.3 is 23.9 Å². The normalized spacial score (nSPS) is 22.6. The van der Waals surface area contributed by atoms with E-state index in [1.807, 2.05) is 0 Å². The molecule has 1 aromatic carbocycles. The van der Waals surface area contributed by atoms with E-state index in [0.29, 0.717) is 24.5 Å². The highest BCUT2D eigenvalue weighted by molar-refractivity contribution is 5.77. The molecule has 1 saturated heterocycles. The van der Waals surface area contributed by atoms with E-state index < -0.39 is 61.2 Å². The first kappa shape index (κ1) is 30.8. The first-order valence-corrected chi connectivity index (χ1v) is 11.7. The van der Waals surface area contributed by atoms with Gasteiger partial charge in [0.1, 0.15) is 18.1 Å². The molecule has 0 spiro atoms. The molecule has 1 heterocycles. The van der Waals surface area contributed by atoms with Crippen molar-refractivity contribution in [3.8, 4) is 11.5 Å². The quantitative estimate of drug-likeness (QED) is 0.186. The van der Waals surface area contributed by atoms with Crippen LogP contribution in [-0.4, -0.2) is 93.2 Å². The van der Waals surface area contributed by atoms with Gasteiger partial charge in [-0.3, -0.25) is 14.4 Å². The summed E-state index contributed by atoms with van der Waals surface area (Å²) >= 11 is 0. The Hall–Kier alpha value is -3.46. The third-order valence-electron chi connectivity index (χ3n) is 5.05. The van der Waals surface area contributed by atoms with Crippen LogP contribution in [0.25, 0.3) is 0 Å². The van der Waals surface area contributed by atoms with Gasteiger partial charge in [-0.15, -0.1) is 0 Å². The van der Waals surface area contributed by atoms with Crippen LogP contribution in [0.2, 0.25) is 0 Å². The van der Waals surface area contributed by atoms with Gasteiger partial charge in [-0.2, -0.15) is 0 Å². The Morgan fingerprint density at radius 2 is 1.55 bits per heavy atom. The smallest absolute Gasteiger partial charge is 0.339 e. The van der Waals surface area contributed by atoms with E-state index in [0.717, 1.165) is 27.9 Å². The minimum absolute atomic E-state index is 0.0474. The van der Waals surface area contributed by atoms with Gasteiger partial charge in [-0.1, -0.05) is 0 Å². The third-order valence-corrected chi connectivity index (χ3v) is 5.05. The number of benzene rings is 1. The second-order valence-electron chi connectivity index (χ2n) is 7.97. The molecule has 3 N–H and O–H groups in total. The van der Waals surface area contributed by atoms with E-state index in [1.165, 1.54) is 12.1 Å². The van der Waals surface area contributed by atoms with Gasteiger partial charge in [-0.25, -0.2) is 4.79 Å². The predicted octanol–water partition coefficient (Wildman–Crippen LogP) is -0.395. The van der Waals surface area contributed by atoms with Crippen LogP contribution in [0.3, 0.4) is 0 Å². The summed E-state index contributed by atoms with van der Waals surface area (Å²) in [6, 6.07) is 4.55. The number of rotatable bonds is 13. The van der Waals surface area contributed by atoms with Gasteiger partial charge < -0.3 is 48.7 Å². The molecule has 0 saturated carbocycles. The highest BCUT2D eigenvalue weighted by atomic mass is 16.7. The molecule has 5 atom stereocenters. The Bertz CT molecular complexity index is 969. The Morgan fingerprint density at radius 1 is 0.921 bits per heavy atom. The zero-order valence-electron chi connectivity index (χ0n) is 21.6. The topological polar surface area (TPSA) is 188 Å². The van der Waals surface area contributed by atoms with Crippen LogP contribution in [-0.2, 0) is 54.2 Å². The lowest BCUT2D eigenvalue weighted by atomic mass is 9.97. The molecular weight excluding hydrogens is 510 g/mol. The molecule has 14 heteroatoms. The molecular formula is C24H33NO13. The van der Waals surface area contributed by atoms with Crippen molar-refractivity contribution < 1.29 is 62.2 Å².